The summed E-state index contributed by atoms with van der Waals surface area (Å²) in [5.74, 6) is -2.30. The Bertz CT molecular complexity index is 427. The number of hydrogen-bond donors (Lipinski definition) is 1. The summed E-state index contributed by atoms with van der Waals surface area (Å²) in [4.78, 5) is 35.2. The Morgan fingerprint density at radius 3 is 2.48 bits per heavy atom. The fraction of sp³-hybridized carbons (Fsp3) is 0.727. The third-order valence-corrected chi connectivity index (χ3v) is 2.94. The number of ether oxygens (including phenoxy) is 1. The van der Waals surface area contributed by atoms with E-state index in [0.29, 0.717) is 6.42 Å². The molecule has 1 aliphatic rings. The lowest BCUT2D eigenvalue weighted by Crippen LogP contribution is -2.52. The molecular formula is C11H15F3N2O5. The van der Waals surface area contributed by atoms with Crippen LogP contribution < -0.4 is 0 Å². The highest BCUT2D eigenvalue weighted by Crippen LogP contribution is 2.23. The lowest BCUT2D eigenvalue weighted by atomic mass is 10.2. The summed E-state index contributed by atoms with van der Waals surface area (Å²) >= 11 is 0. The number of esters is 1. The quantitative estimate of drug-likeness (QED) is 0.772. The number of nitrogens with zero attached hydrogens (tertiary/aromatic N) is 2. The van der Waals surface area contributed by atoms with Crippen LogP contribution in [0.3, 0.4) is 0 Å². The highest BCUT2D eigenvalue weighted by atomic mass is 19.4. The molecule has 1 unspecified atom stereocenters. The number of methoxy groups -OCH3 is 1. The van der Waals surface area contributed by atoms with Crippen molar-refractivity contribution < 1.29 is 37.4 Å². The van der Waals surface area contributed by atoms with Gasteiger partial charge in [-0.3, -0.25) is 4.79 Å². The molecule has 0 spiro atoms. The third-order valence-electron chi connectivity index (χ3n) is 2.94. The van der Waals surface area contributed by atoms with E-state index in [2.05, 4.69) is 4.74 Å². The molecule has 1 heterocycles. The van der Waals surface area contributed by atoms with Crippen LogP contribution in [0.15, 0.2) is 0 Å². The minimum atomic E-state index is -4.73. The summed E-state index contributed by atoms with van der Waals surface area (Å²) in [6.45, 7) is -2.71. The smallest absolute Gasteiger partial charge is 0.406 e. The third kappa shape index (κ3) is 4.80. The van der Waals surface area contributed by atoms with Crippen molar-refractivity contribution in [2.24, 2.45) is 0 Å². The molecule has 0 aromatic rings. The average molecular weight is 312 g/mol. The number of urea groups is 1. The zero-order chi connectivity index (χ0) is 16.2. The van der Waals surface area contributed by atoms with Crippen LogP contribution in [0.5, 0.6) is 0 Å². The standard InChI is InChI=1S/C11H15F3N2O5/c1-21-9(19)7-3-2-4-16(7)10(20)15(5-8(17)18)6-11(12,13)14/h7H,2-6H2,1H3,(H,17,18). The first-order chi connectivity index (χ1) is 9.65. The van der Waals surface area contributed by atoms with Crippen LogP contribution in [0, 0.1) is 0 Å². The van der Waals surface area contributed by atoms with Crippen molar-refractivity contribution >= 4 is 18.0 Å². The van der Waals surface area contributed by atoms with Crippen LogP contribution >= 0.6 is 0 Å². The molecular weight excluding hydrogens is 297 g/mol. The van der Waals surface area contributed by atoms with Gasteiger partial charge in [0.05, 0.1) is 7.11 Å². The summed E-state index contributed by atoms with van der Waals surface area (Å²) < 4.78 is 41.8. The lowest BCUT2D eigenvalue weighted by molar-refractivity contribution is -0.150. The summed E-state index contributed by atoms with van der Waals surface area (Å²) in [5.41, 5.74) is 0. The number of rotatable bonds is 4. The van der Waals surface area contributed by atoms with Gasteiger partial charge < -0.3 is 19.6 Å². The Morgan fingerprint density at radius 2 is 2.00 bits per heavy atom. The van der Waals surface area contributed by atoms with Crippen molar-refractivity contribution in [1.82, 2.24) is 9.80 Å². The van der Waals surface area contributed by atoms with Crippen LogP contribution in [-0.4, -0.2) is 71.8 Å². The molecule has 0 aliphatic carbocycles. The van der Waals surface area contributed by atoms with E-state index in [1.54, 1.807) is 0 Å². The molecule has 1 saturated heterocycles. The number of carboxylic acid groups (broad SMARTS) is 1. The maximum Gasteiger partial charge on any atom is 0.406 e. The van der Waals surface area contributed by atoms with Gasteiger partial charge in [0.1, 0.15) is 19.1 Å². The van der Waals surface area contributed by atoms with Gasteiger partial charge in [0.2, 0.25) is 0 Å². The predicted octanol–water partition coefficient (Wildman–Crippen LogP) is 0.693. The SMILES string of the molecule is COC(=O)C1CCCN1C(=O)N(CC(=O)O)CC(F)(F)F. The van der Waals surface area contributed by atoms with Crippen molar-refractivity contribution in [3.05, 3.63) is 0 Å². The number of halogens is 3. The molecule has 1 fully saturated rings. The second-order valence-electron chi connectivity index (χ2n) is 4.52. The highest BCUT2D eigenvalue weighted by molar-refractivity contribution is 5.86. The maximum atomic E-state index is 12.4. The number of carboxylic acids is 1. The van der Waals surface area contributed by atoms with Crippen molar-refractivity contribution in [3.63, 3.8) is 0 Å². The van der Waals surface area contributed by atoms with Crippen molar-refractivity contribution in [2.45, 2.75) is 25.1 Å². The average Bonchev–Trinajstić information content (AvgIpc) is 2.82. The van der Waals surface area contributed by atoms with E-state index >= 15 is 0 Å². The van der Waals surface area contributed by atoms with Crippen molar-refractivity contribution in [1.29, 1.82) is 0 Å². The van der Waals surface area contributed by atoms with Crippen molar-refractivity contribution in [3.8, 4) is 0 Å². The first kappa shape index (κ1) is 17.1. The Morgan fingerprint density at radius 1 is 1.38 bits per heavy atom. The normalized spacial score (nSPS) is 18.5. The second-order valence-corrected chi connectivity index (χ2v) is 4.52. The number of aliphatic carboxylic acids is 1. The topological polar surface area (TPSA) is 87.2 Å². The number of carbonyl (C=O) groups excluding carboxylic acids is 2. The summed E-state index contributed by atoms with van der Waals surface area (Å²) in [7, 11) is 1.11. The molecule has 1 N–H and O–H groups in total. The van der Waals surface area contributed by atoms with Gasteiger partial charge in [0, 0.05) is 6.54 Å². The number of amides is 2. The first-order valence-electron chi connectivity index (χ1n) is 6.07. The molecule has 2 amide bonds. The van der Waals surface area contributed by atoms with Crippen LogP contribution in [0.4, 0.5) is 18.0 Å². The van der Waals surface area contributed by atoms with E-state index in [9.17, 15) is 27.6 Å². The molecule has 1 atom stereocenters. The molecule has 0 radical (unpaired) electrons. The molecule has 0 aromatic heterocycles. The molecule has 1 rings (SSSR count). The first-order valence-corrected chi connectivity index (χ1v) is 6.07. The maximum absolute atomic E-state index is 12.4. The van der Waals surface area contributed by atoms with Crippen LogP contribution in [0.1, 0.15) is 12.8 Å². The van der Waals surface area contributed by atoms with Gasteiger partial charge in [0.15, 0.2) is 0 Å². The zero-order valence-electron chi connectivity index (χ0n) is 11.2. The van der Waals surface area contributed by atoms with Crippen LogP contribution in [-0.2, 0) is 14.3 Å². The summed E-state index contributed by atoms with van der Waals surface area (Å²) in [6, 6.07) is -2.12. The Balaban J connectivity index is 2.88. The number of likely N-dealkylation sites (tertiary alicyclic amines) is 1. The molecule has 10 heteroatoms. The van der Waals surface area contributed by atoms with E-state index < -0.39 is 43.3 Å². The van der Waals surface area contributed by atoms with Crippen LogP contribution in [0.25, 0.3) is 0 Å². The van der Waals surface area contributed by atoms with Gasteiger partial charge in [-0.15, -0.1) is 0 Å². The molecule has 7 nitrogen and oxygen atoms in total. The largest absolute Gasteiger partial charge is 0.480 e. The molecule has 0 aromatic carbocycles. The van der Waals surface area contributed by atoms with Gasteiger partial charge in [-0.1, -0.05) is 0 Å². The Hall–Kier alpha value is -2.00. The minimum absolute atomic E-state index is 0.0760. The minimum Gasteiger partial charge on any atom is -0.480 e. The van der Waals surface area contributed by atoms with Gasteiger partial charge in [0.25, 0.3) is 0 Å². The molecule has 1 aliphatic heterocycles. The van der Waals surface area contributed by atoms with E-state index in [0.717, 1.165) is 12.0 Å². The van der Waals surface area contributed by atoms with E-state index in [1.807, 2.05) is 0 Å². The Labute approximate surface area is 118 Å². The molecule has 0 bridgehead atoms. The fourth-order valence-electron chi connectivity index (χ4n) is 2.13. The molecule has 0 saturated carbocycles. The van der Waals surface area contributed by atoms with Gasteiger partial charge in [-0.2, -0.15) is 13.2 Å². The number of hydrogen-bond acceptors (Lipinski definition) is 4. The monoisotopic (exact) mass is 312 g/mol. The van der Waals surface area contributed by atoms with Gasteiger partial charge >= 0.3 is 24.1 Å². The number of carbonyl (C=O) groups is 3. The van der Waals surface area contributed by atoms with Gasteiger partial charge in [-0.25, -0.2) is 9.59 Å². The van der Waals surface area contributed by atoms with Gasteiger partial charge in [-0.05, 0) is 12.8 Å². The van der Waals surface area contributed by atoms with E-state index in [4.69, 9.17) is 5.11 Å². The Kier molecular flexibility index (Phi) is 5.39. The van der Waals surface area contributed by atoms with Crippen LogP contribution in [0.2, 0.25) is 0 Å². The summed E-state index contributed by atoms with van der Waals surface area (Å²) in [5, 5.41) is 8.62. The zero-order valence-corrected chi connectivity index (χ0v) is 11.2. The van der Waals surface area contributed by atoms with E-state index in [1.165, 1.54) is 0 Å². The molecule has 120 valence electrons. The second kappa shape index (κ2) is 6.64. The molecule has 21 heavy (non-hydrogen) atoms. The van der Waals surface area contributed by atoms with E-state index in [-0.39, 0.29) is 17.9 Å². The van der Waals surface area contributed by atoms with Crippen molar-refractivity contribution in [2.75, 3.05) is 26.7 Å². The highest BCUT2D eigenvalue weighted by Gasteiger charge is 2.41. The summed E-state index contributed by atoms with van der Waals surface area (Å²) in [6.07, 6.45) is -4.03. The predicted molar refractivity (Wildman–Crippen MR) is 62.4 cm³/mol. The fourth-order valence-corrected chi connectivity index (χ4v) is 2.13. The lowest BCUT2D eigenvalue weighted by Gasteiger charge is -2.30. The number of alkyl halides is 3.